The first-order valence-corrected chi connectivity index (χ1v) is 5.01. The van der Waals surface area contributed by atoms with Crippen molar-refractivity contribution in [3.63, 3.8) is 0 Å². The number of aromatic nitrogens is 2. The van der Waals surface area contributed by atoms with Crippen LogP contribution in [0.5, 0.6) is 0 Å². The van der Waals surface area contributed by atoms with Crippen molar-refractivity contribution in [3.8, 4) is 0 Å². The molecule has 6 heteroatoms. The molecule has 1 aromatic rings. The van der Waals surface area contributed by atoms with Crippen LogP contribution in [0.15, 0.2) is 10.8 Å². The molecule has 0 aliphatic carbocycles. The van der Waals surface area contributed by atoms with Crippen LogP contribution in [-0.2, 0) is 15.6 Å². The minimum Gasteiger partial charge on any atom is -0.429 e. The fourth-order valence-corrected chi connectivity index (χ4v) is 1.48. The van der Waals surface area contributed by atoms with Crippen LogP contribution >= 0.6 is 0 Å². The molecule has 2 heterocycles. The molecule has 1 fully saturated rings. The van der Waals surface area contributed by atoms with Crippen molar-refractivity contribution in [1.82, 2.24) is 10.2 Å². The van der Waals surface area contributed by atoms with E-state index in [0.29, 0.717) is 12.2 Å². The topological polar surface area (TPSA) is 57.4 Å². The van der Waals surface area contributed by atoms with Gasteiger partial charge in [-0.15, -0.1) is 10.2 Å². The monoisotopic (exact) mass is 210 g/mol. The Morgan fingerprint density at radius 3 is 2.27 bits per heavy atom. The molecule has 1 aliphatic heterocycles. The summed E-state index contributed by atoms with van der Waals surface area (Å²) in [6.07, 6.45) is 1.80. The van der Waals surface area contributed by atoms with Crippen molar-refractivity contribution in [2.75, 3.05) is 0 Å². The van der Waals surface area contributed by atoms with Crippen molar-refractivity contribution in [3.05, 3.63) is 12.3 Å². The van der Waals surface area contributed by atoms with Gasteiger partial charge >= 0.3 is 7.12 Å². The van der Waals surface area contributed by atoms with Crippen molar-refractivity contribution in [1.29, 1.82) is 0 Å². The van der Waals surface area contributed by atoms with Gasteiger partial charge in [0.25, 0.3) is 0 Å². The van der Waals surface area contributed by atoms with E-state index in [1.54, 1.807) is 0 Å². The Bertz CT molecular complexity index is 321. The van der Waals surface area contributed by atoms with Gasteiger partial charge in [-0.05, 0) is 27.7 Å². The Morgan fingerprint density at radius 1 is 1.20 bits per heavy atom. The third-order valence-electron chi connectivity index (χ3n) is 3.05. The van der Waals surface area contributed by atoms with Crippen molar-refractivity contribution in [2.24, 2.45) is 0 Å². The van der Waals surface area contributed by atoms with Gasteiger partial charge < -0.3 is 13.7 Å². The zero-order valence-corrected chi connectivity index (χ0v) is 9.48. The van der Waals surface area contributed by atoms with E-state index in [-0.39, 0.29) is 18.3 Å². The van der Waals surface area contributed by atoms with Crippen LogP contribution < -0.4 is 0 Å². The number of rotatable bonds is 2. The lowest BCUT2D eigenvalue weighted by molar-refractivity contribution is 0.00578. The van der Waals surface area contributed by atoms with Gasteiger partial charge in [0.2, 0.25) is 12.3 Å². The minimum absolute atomic E-state index is 0.308. The van der Waals surface area contributed by atoms with Crippen LogP contribution in [0.4, 0.5) is 0 Å². The summed E-state index contributed by atoms with van der Waals surface area (Å²) in [5, 5.41) is 7.41. The molecule has 82 valence electrons. The Hall–Kier alpha value is -0.875. The molecule has 5 nitrogen and oxygen atoms in total. The van der Waals surface area contributed by atoms with Crippen molar-refractivity contribution >= 4 is 7.12 Å². The van der Waals surface area contributed by atoms with Crippen LogP contribution in [0, 0.1) is 0 Å². The zero-order valence-electron chi connectivity index (χ0n) is 9.48. The molecule has 0 aromatic carbocycles. The van der Waals surface area contributed by atoms with E-state index >= 15 is 0 Å². The Morgan fingerprint density at radius 2 is 1.80 bits per heavy atom. The van der Waals surface area contributed by atoms with E-state index in [4.69, 9.17) is 13.7 Å². The maximum absolute atomic E-state index is 5.79. The second-order valence-corrected chi connectivity index (χ2v) is 4.72. The Kier molecular flexibility index (Phi) is 2.35. The first kappa shape index (κ1) is 10.6. The first-order chi connectivity index (χ1) is 6.91. The summed E-state index contributed by atoms with van der Waals surface area (Å²) in [7, 11) is -0.310. The lowest BCUT2D eigenvalue weighted by Gasteiger charge is -2.32. The molecule has 2 rings (SSSR count). The molecule has 0 saturated carbocycles. The third-order valence-corrected chi connectivity index (χ3v) is 3.05. The molecular weight excluding hydrogens is 195 g/mol. The lowest BCUT2D eigenvalue weighted by Crippen LogP contribution is -2.41. The first-order valence-electron chi connectivity index (χ1n) is 5.01. The third kappa shape index (κ3) is 1.91. The smallest absolute Gasteiger partial charge is 0.429 e. The summed E-state index contributed by atoms with van der Waals surface area (Å²) < 4.78 is 16.6. The predicted molar refractivity (Wildman–Crippen MR) is 54.1 cm³/mol. The molecule has 0 atom stereocenters. The molecule has 0 amide bonds. The molecule has 0 N–H and O–H groups in total. The van der Waals surface area contributed by atoms with Crippen LogP contribution in [0.1, 0.15) is 33.6 Å². The maximum atomic E-state index is 5.79. The van der Waals surface area contributed by atoms with E-state index in [0.717, 1.165) is 0 Å². The van der Waals surface area contributed by atoms with Gasteiger partial charge in [0, 0.05) is 0 Å². The second-order valence-electron chi connectivity index (χ2n) is 4.72. The number of hydrogen-bond acceptors (Lipinski definition) is 5. The Balaban J connectivity index is 2.04. The van der Waals surface area contributed by atoms with Crippen LogP contribution in [0.2, 0.25) is 0 Å². The fraction of sp³-hybridized carbons (Fsp3) is 0.778. The highest BCUT2D eigenvalue weighted by molar-refractivity contribution is 6.44. The van der Waals surface area contributed by atoms with E-state index in [2.05, 4.69) is 10.2 Å². The fourth-order valence-electron chi connectivity index (χ4n) is 1.48. The highest BCUT2D eigenvalue weighted by Gasteiger charge is 2.51. The molecular formula is C9H15BN2O3. The van der Waals surface area contributed by atoms with Gasteiger partial charge in [0.1, 0.15) is 0 Å². The molecule has 0 spiro atoms. The highest BCUT2D eigenvalue weighted by Crippen LogP contribution is 2.37. The van der Waals surface area contributed by atoms with Crippen LogP contribution in [-0.4, -0.2) is 28.5 Å². The molecule has 0 radical (unpaired) electrons. The molecule has 1 saturated heterocycles. The number of hydrogen-bond donors (Lipinski definition) is 0. The summed E-state index contributed by atoms with van der Waals surface area (Å²) in [6, 6.07) is 0. The summed E-state index contributed by atoms with van der Waals surface area (Å²) in [6.45, 7) is 8.06. The van der Waals surface area contributed by atoms with Gasteiger partial charge in [-0.3, -0.25) is 0 Å². The second kappa shape index (κ2) is 3.32. The van der Waals surface area contributed by atoms with Gasteiger partial charge in [-0.1, -0.05) is 0 Å². The van der Waals surface area contributed by atoms with Crippen molar-refractivity contribution in [2.45, 2.75) is 45.2 Å². The summed E-state index contributed by atoms with van der Waals surface area (Å²) in [5.74, 6) is 0.536. The normalized spacial score (nSPS) is 23.3. The largest absolute Gasteiger partial charge is 0.467 e. The van der Waals surface area contributed by atoms with Crippen molar-refractivity contribution < 1.29 is 13.7 Å². The quantitative estimate of drug-likeness (QED) is 0.687. The average Bonchev–Trinajstić information content (AvgIpc) is 2.59. The van der Waals surface area contributed by atoms with Crippen LogP contribution in [0.25, 0.3) is 0 Å². The summed E-state index contributed by atoms with van der Waals surface area (Å²) in [5.41, 5.74) is -0.616. The highest BCUT2D eigenvalue weighted by atomic mass is 16.7. The van der Waals surface area contributed by atoms with Gasteiger partial charge in [-0.2, -0.15) is 0 Å². The zero-order chi connectivity index (χ0) is 11.1. The molecule has 0 bridgehead atoms. The predicted octanol–water partition coefficient (Wildman–Crippen LogP) is 1.24. The summed E-state index contributed by atoms with van der Waals surface area (Å²) in [4.78, 5) is 0. The van der Waals surface area contributed by atoms with Gasteiger partial charge in [0.05, 0.1) is 17.5 Å². The number of nitrogens with zero attached hydrogens (tertiary/aromatic N) is 2. The lowest BCUT2D eigenvalue weighted by atomic mass is 9.85. The van der Waals surface area contributed by atoms with E-state index in [1.807, 2.05) is 27.7 Å². The molecule has 0 unspecified atom stereocenters. The maximum Gasteiger partial charge on any atom is 0.467 e. The standard InChI is InChI=1S/C9H15BN2O3/c1-8(2)9(3,4)15-10(14-8)5-7-12-11-6-13-7/h6H,5H2,1-4H3. The summed E-state index contributed by atoms with van der Waals surface area (Å²) >= 11 is 0. The molecule has 15 heavy (non-hydrogen) atoms. The van der Waals surface area contributed by atoms with Gasteiger partial charge in [-0.25, -0.2) is 0 Å². The van der Waals surface area contributed by atoms with Crippen LogP contribution in [0.3, 0.4) is 0 Å². The Labute approximate surface area is 89.3 Å². The minimum atomic E-state index is -0.310. The SMILES string of the molecule is CC1(C)OB(Cc2nnco2)OC1(C)C. The average molecular weight is 210 g/mol. The van der Waals surface area contributed by atoms with E-state index in [1.165, 1.54) is 6.39 Å². The molecule has 1 aromatic heterocycles. The molecule has 1 aliphatic rings. The van der Waals surface area contributed by atoms with Gasteiger partial charge in [0.15, 0.2) is 0 Å². The van der Waals surface area contributed by atoms with E-state index < -0.39 is 0 Å². The van der Waals surface area contributed by atoms with E-state index in [9.17, 15) is 0 Å².